The standard InChI is InChI=1S/C44H85NO4/c1-5-7-9-11-13-15-17-19-21-23-24-26-28-30-32-34-37-42(41-45(3,4)40-36-38-43(46)47)49-44(48)39-35-33-31-29-27-25-22-20-18-16-14-12-10-8-6-2/h20,22,42H,5-19,21,23-41H2,1-4H3/b22-20-. The fourth-order valence-corrected chi connectivity index (χ4v) is 6.99. The van der Waals surface area contributed by atoms with E-state index < -0.39 is 5.97 Å². The first-order chi connectivity index (χ1) is 23.8. The SMILES string of the molecule is CCCCCCCC/C=C\CCCCCCCC(=O)OC(CCCCCCCCCCCCCCCCCC)C[N+](C)(C)CCCC(=O)[O-]. The lowest BCUT2D eigenvalue weighted by Gasteiger charge is -2.33. The Bertz CT molecular complexity index is 749. The Morgan fingerprint density at radius 1 is 0.531 bits per heavy atom. The van der Waals surface area contributed by atoms with Crippen LogP contribution in [0, 0.1) is 0 Å². The highest BCUT2D eigenvalue weighted by molar-refractivity contribution is 5.69. The molecule has 49 heavy (non-hydrogen) atoms. The van der Waals surface area contributed by atoms with Crippen molar-refractivity contribution in [3.8, 4) is 0 Å². The van der Waals surface area contributed by atoms with Crippen LogP contribution in [0.3, 0.4) is 0 Å². The zero-order chi connectivity index (χ0) is 36.1. The minimum absolute atomic E-state index is 0.0612. The van der Waals surface area contributed by atoms with E-state index in [2.05, 4.69) is 40.1 Å². The number of carbonyl (C=O) groups is 2. The quantitative estimate of drug-likeness (QED) is 0.0278. The second-order valence-corrected chi connectivity index (χ2v) is 15.9. The van der Waals surface area contributed by atoms with Crippen molar-refractivity contribution in [2.45, 2.75) is 232 Å². The van der Waals surface area contributed by atoms with Crippen LogP contribution in [0.25, 0.3) is 0 Å². The number of nitrogens with zero attached hydrogens (tertiary/aromatic N) is 1. The molecule has 0 aromatic rings. The summed E-state index contributed by atoms with van der Waals surface area (Å²) in [4.78, 5) is 23.7. The summed E-state index contributed by atoms with van der Waals surface area (Å²) in [5.41, 5.74) is 0. The number of quaternary nitrogens is 1. The normalized spacial score (nSPS) is 12.6. The van der Waals surface area contributed by atoms with Gasteiger partial charge < -0.3 is 19.1 Å². The Morgan fingerprint density at radius 2 is 0.918 bits per heavy atom. The lowest BCUT2D eigenvalue weighted by atomic mass is 10.0. The number of likely N-dealkylation sites (N-methyl/N-ethyl adjacent to an activating group) is 1. The highest BCUT2D eigenvalue weighted by atomic mass is 16.5. The maximum absolute atomic E-state index is 12.8. The summed E-state index contributed by atoms with van der Waals surface area (Å²) >= 11 is 0. The highest BCUT2D eigenvalue weighted by Crippen LogP contribution is 2.18. The van der Waals surface area contributed by atoms with Crippen molar-refractivity contribution in [3.63, 3.8) is 0 Å². The van der Waals surface area contributed by atoms with Crippen molar-refractivity contribution in [3.05, 3.63) is 12.2 Å². The monoisotopic (exact) mass is 692 g/mol. The van der Waals surface area contributed by atoms with E-state index in [1.165, 1.54) is 167 Å². The van der Waals surface area contributed by atoms with Gasteiger partial charge in [-0.2, -0.15) is 0 Å². The largest absolute Gasteiger partial charge is 0.550 e. The Hall–Kier alpha value is -1.36. The van der Waals surface area contributed by atoms with Gasteiger partial charge in [-0.1, -0.05) is 174 Å². The summed E-state index contributed by atoms with van der Waals surface area (Å²) in [6.07, 6.45) is 44.5. The first-order valence-corrected chi connectivity index (χ1v) is 21.7. The molecule has 0 heterocycles. The van der Waals surface area contributed by atoms with Gasteiger partial charge in [0, 0.05) is 18.8 Å². The molecule has 5 heteroatoms. The van der Waals surface area contributed by atoms with E-state index >= 15 is 0 Å². The molecule has 0 spiro atoms. The molecule has 0 saturated heterocycles. The molecule has 0 N–H and O–H groups in total. The molecule has 0 bridgehead atoms. The third-order valence-electron chi connectivity index (χ3n) is 10.2. The van der Waals surface area contributed by atoms with Gasteiger partial charge in [-0.05, 0) is 51.4 Å². The topological polar surface area (TPSA) is 66.4 Å². The van der Waals surface area contributed by atoms with E-state index in [0.29, 0.717) is 17.3 Å². The van der Waals surface area contributed by atoms with Crippen LogP contribution in [0.2, 0.25) is 0 Å². The lowest BCUT2D eigenvalue weighted by molar-refractivity contribution is -0.893. The van der Waals surface area contributed by atoms with Crippen molar-refractivity contribution in [1.29, 1.82) is 0 Å². The van der Waals surface area contributed by atoms with Gasteiger partial charge in [-0.25, -0.2) is 0 Å². The van der Waals surface area contributed by atoms with E-state index in [0.717, 1.165) is 38.8 Å². The van der Waals surface area contributed by atoms with Gasteiger partial charge in [0.15, 0.2) is 6.10 Å². The van der Waals surface area contributed by atoms with Crippen LogP contribution in [0.1, 0.15) is 226 Å². The lowest BCUT2D eigenvalue weighted by Crippen LogP contribution is -2.47. The highest BCUT2D eigenvalue weighted by Gasteiger charge is 2.24. The fourth-order valence-electron chi connectivity index (χ4n) is 6.99. The molecule has 0 fully saturated rings. The zero-order valence-corrected chi connectivity index (χ0v) is 33.6. The maximum Gasteiger partial charge on any atom is 0.306 e. The minimum atomic E-state index is -0.990. The van der Waals surface area contributed by atoms with Gasteiger partial charge in [0.25, 0.3) is 0 Å². The molecule has 0 rings (SSSR count). The van der Waals surface area contributed by atoms with Crippen LogP contribution in [-0.4, -0.2) is 49.7 Å². The van der Waals surface area contributed by atoms with Gasteiger partial charge in [0.05, 0.1) is 20.6 Å². The Morgan fingerprint density at radius 3 is 1.35 bits per heavy atom. The van der Waals surface area contributed by atoms with Crippen LogP contribution >= 0.6 is 0 Å². The van der Waals surface area contributed by atoms with Crippen LogP contribution in [0.4, 0.5) is 0 Å². The second-order valence-electron chi connectivity index (χ2n) is 15.9. The summed E-state index contributed by atoms with van der Waals surface area (Å²) in [5.74, 6) is -1.05. The molecule has 5 nitrogen and oxygen atoms in total. The molecule has 0 saturated carbocycles. The number of unbranched alkanes of at least 4 members (excludes halogenated alkanes) is 26. The third kappa shape index (κ3) is 37.7. The van der Waals surface area contributed by atoms with Crippen molar-refractivity contribution < 1.29 is 23.9 Å². The summed E-state index contributed by atoms with van der Waals surface area (Å²) in [5, 5.41) is 10.9. The summed E-state index contributed by atoms with van der Waals surface area (Å²) in [7, 11) is 4.24. The van der Waals surface area contributed by atoms with Gasteiger partial charge in [0.2, 0.25) is 0 Å². The average molecular weight is 692 g/mol. The molecule has 1 atom stereocenters. The average Bonchev–Trinajstić information content (AvgIpc) is 3.05. The number of rotatable bonds is 39. The molecule has 0 amide bonds. The van der Waals surface area contributed by atoms with E-state index in [1.807, 2.05) is 0 Å². The Labute approximate surface area is 306 Å². The molecular weight excluding hydrogens is 606 g/mol. The van der Waals surface area contributed by atoms with E-state index in [9.17, 15) is 14.7 Å². The number of esters is 1. The fraction of sp³-hybridized carbons (Fsp3) is 0.909. The van der Waals surface area contributed by atoms with Crippen LogP contribution in [0.5, 0.6) is 0 Å². The molecular formula is C44H85NO4. The number of carboxylic acid groups (broad SMARTS) is 1. The predicted octanol–water partition coefficient (Wildman–Crippen LogP) is 12.2. The van der Waals surface area contributed by atoms with Crippen LogP contribution in [-0.2, 0) is 14.3 Å². The van der Waals surface area contributed by atoms with Gasteiger partial charge in [0.1, 0.15) is 6.54 Å². The van der Waals surface area contributed by atoms with Crippen molar-refractivity contribution in [2.24, 2.45) is 0 Å². The Kier molecular flexibility index (Phi) is 35.4. The van der Waals surface area contributed by atoms with Crippen molar-refractivity contribution >= 4 is 11.9 Å². The number of hydrogen-bond donors (Lipinski definition) is 0. The van der Waals surface area contributed by atoms with Gasteiger partial charge in [-0.3, -0.25) is 4.79 Å². The molecule has 0 aliphatic heterocycles. The van der Waals surface area contributed by atoms with Crippen molar-refractivity contribution in [2.75, 3.05) is 27.2 Å². The Balaban J connectivity index is 4.15. The number of aliphatic carboxylic acids is 1. The first-order valence-electron chi connectivity index (χ1n) is 21.7. The molecule has 0 aliphatic rings. The smallest absolute Gasteiger partial charge is 0.306 e. The third-order valence-corrected chi connectivity index (χ3v) is 10.2. The van der Waals surface area contributed by atoms with Crippen LogP contribution < -0.4 is 5.11 Å². The number of allylic oxidation sites excluding steroid dienone is 2. The first kappa shape index (κ1) is 47.6. The van der Waals surface area contributed by atoms with E-state index in [-0.39, 0.29) is 18.5 Å². The molecule has 290 valence electrons. The van der Waals surface area contributed by atoms with Gasteiger partial charge in [-0.15, -0.1) is 0 Å². The number of carbonyl (C=O) groups excluding carboxylic acids is 2. The maximum atomic E-state index is 12.8. The van der Waals surface area contributed by atoms with Crippen LogP contribution in [0.15, 0.2) is 12.2 Å². The molecule has 0 aliphatic carbocycles. The second kappa shape index (κ2) is 36.4. The zero-order valence-electron chi connectivity index (χ0n) is 33.6. The van der Waals surface area contributed by atoms with Gasteiger partial charge >= 0.3 is 5.97 Å². The predicted molar refractivity (Wildman–Crippen MR) is 210 cm³/mol. The van der Waals surface area contributed by atoms with E-state index in [4.69, 9.17) is 4.74 Å². The van der Waals surface area contributed by atoms with Crippen molar-refractivity contribution in [1.82, 2.24) is 0 Å². The number of ether oxygens (including phenoxy) is 1. The molecule has 0 aromatic heterocycles. The molecule has 0 radical (unpaired) electrons. The number of hydrogen-bond acceptors (Lipinski definition) is 4. The van der Waals surface area contributed by atoms with E-state index in [1.54, 1.807) is 0 Å². The summed E-state index contributed by atoms with van der Waals surface area (Å²) < 4.78 is 6.73. The molecule has 1 unspecified atom stereocenters. The number of carboxylic acids is 1. The summed E-state index contributed by atoms with van der Waals surface area (Å²) in [6, 6.07) is 0. The minimum Gasteiger partial charge on any atom is -0.550 e. The molecule has 0 aromatic carbocycles. The summed E-state index contributed by atoms with van der Waals surface area (Å²) in [6.45, 7) is 6.04.